The molecule has 0 bridgehead atoms. The zero-order valence-electron chi connectivity index (χ0n) is 8.46. The van der Waals surface area contributed by atoms with Crippen molar-refractivity contribution in [3.63, 3.8) is 0 Å². The van der Waals surface area contributed by atoms with Crippen molar-refractivity contribution in [1.82, 2.24) is 0 Å². The summed E-state index contributed by atoms with van der Waals surface area (Å²) in [5, 5.41) is 8.88. The van der Waals surface area contributed by atoms with E-state index < -0.39 is 0 Å². The highest BCUT2D eigenvalue weighted by atomic mass is 14.9. The minimum Gasteiger partial charge on any atom is -0.0610 e. The lowest BCUT2D eigenvalue weighted by Crippen LogP contribution is -1.89. The van der Waals surface area contributed by atoms with E-state index >= 15 is 0 Å². The lowest BCUT2D eigenvalue weighted by molar-refractivity contribution is 1.08. The fourth-order valence-corrected chi connectivity index (χ4v) is 1.60. The third-order valence-electron chi connectivity index (χ3n) is 2.27. The molecule has 0 aromatic heterocycles. The summed E-state index contributed by atoms with van der Waals surface area (Å²) in [6, 6.07) is 4.16. The minimum atomic E-state index is 0.760. The summed E-state index contributed by atoms with van der Waals surface area (Å²) in [6.07, 6.45) is 1.82. The fraction of sp³-hybridized carbons (Fsp3) is 0.455. The molecule has 0 heterocycles. The maximum Gasteiger partial charge on any atom is 0.391 e. The van der Waals surface area contributed by atoms with Gasteiger partial charge in [0.15, 0.2) is 4.98 Å². The molecule has 0 amide bonds. The highest BCUT2D eigenvalue weighted by Crippen LogP contribution is 2.27. The molecule has 0 saturated heterocycles. The zero-order chi connectivity index (χ0) is 9.84. The van der Waals surface area contributed by atoms with Gasteiger partial charge in [-0.25, -0.2) is 0 Å². The fourth-order valence-electron chi connectivity index (χ4n) is 1.60. The Hall–Kier alpha value is -1.36. The summed E-state index contributed by atoms with van der Waals surface area (Å²) in [7, 11) is 0. The second kappa shape index (κ2) is 4.04. The average molecular weight is 175 g/mol. The van der Waals surface area contributed by atoms with Crippen molar-refractivity contribution >= 4 is 5.69 Å². The van der Waals surface area contributed by atoms with Gasteiger partial charge in [0, 0.05) is 11.1 Å². The third kappa shape index (κ3) is 1.86. The van der Waals surface area contributed by atoms with Gasteiger partial charge < -0.3 is 0 Å². The van der Waals surface area contributed by atoms with Crippen LogP contribution in [-0.2, 0) is 12.8 Å². The summed E-state index contributed by atoms with van der Waals surface area (Å²) in [5.74, 6) is 0. The summed E-state index contributed by atoms with van der Waals surface area (Å²) in [6.45, 7) is 6.21. The minimum absolute atomic E-state index is 0.760. The number of nitrogens with zero attached hydrogens (tertiary/aromatic N) is 2. The Kier molecular flexibility index (Phi) is 3.02. The molecule has 2 nitrogen and oxygen atoms in total. The predicted octanol–water partition coefficient (Wildman–Crippen LogP) is 3.60. The van der Waals surface area contributed by atoms with E-state index in [2.05, 4.69) is 37.9 Å². The highest BCUT2D eigenvalue weighted by Gasteiger charge is 2.17. The number of benzene rings is 1. The molecule has 1 rings (SSSR count). The molecule has 0 radical (unpaired) electrons. The van der Waals surface area contributed by atoms with Crippen LogP contribution >= 0.6 is 0 Å². The quantitative estimate of drug-likeness (QED) is 0.631. The standard InChI is InChI=1S/C11H15N2/c1-4-9-6-8(3)7-10(5-2)11(9)13-12/h6-7H,4-5H2,1-3H3/q+1. The molecular formula is C11H15N2+. The van der Waals surface area contributed by atoms with E-state index in [1.807, 2.05) is 0 Å². The Labute approximate surface area is 79.2 Å². The van der Waals surface area contributed by atoms with E-state index in [9.17, 15) is 0 Å². The van der Waals surface area contributed by atoms with Crippen LogP contribution in [0.4, 0.5) is 5.69 Å². The number of diazo groups is 1. The number of aryl methyl sites for hydroxylation is 3. The van der Waals surface area contributed by atoms with E-state index in [1.54, 1.807) is 0 Å². The number of rotatable bonds is 2. The van der Waals surface area contributed by atoms with Crippen molar-refractivity contribution < 1.29 is 0 Å². The van der Waals surface area contributed by atoms with Gasteiger partial charge in [0.1, 0.15) is 0 Å². The highest BCUT2D eigenvalue weighted by molar-refractivity contribution is 5.59. The van der Waals surface area contributed by atoms with Gasteiger partial charge >= 0.3 is 5.69 Å². The third-order valence-corrected chi connectivity index (χ3v) is 2.27. The first-order valence-corrected chi connectivity index (χ1v) is 4.70. The van der Waals surface area contributed by atoms with Gasteiger partial charge in [-0.1, -0.05) is 19.4 Å². The Morgan fingerprint density at radius 2 is 1.62 bits per heavy atom. The molecule has 0 N–H and O–H groups in total. The zero-order valence-corrected chi connectivity index (χ0v) is 8.46. The molecular weight excluding hydrogens is 160 g/mol. The van der Waals surface area contributed by atoms with E-state index in [0.717, 1.165) is 29.7 Å². The first-order valence-electron chi connectivity index (χ1n) is 4.70. The van der Waals surface area contributed by atoms with E-state index in [-0.39, 0.29) is 0 Å². The molecule has 68 valence electrons. The Balaban J connectivity index is 3.36. The number of hydrogen-bond acceptors (Lipinski definition) is 1. The Morgan fingerprint density at radius 1 is 1.15 bits per heavy atom. The first kappa shape index (κ1) is 9.73. The molecule has 1 aromatic rings. The van der Waals surface area contributed by atoms with Crippen molar-refractivity contribution in [2.24, 2.45) is 0 Å². The van der Waals surface area contributed by atoms with Crippen molar-refractivity contribution in [3.05, 3.63) is 33.8 Å². The van der Waals surface area contributed by atoms with Crippen LogP contribution in [-0.4, -0.2) is 0 Å². The molecule has 0 aliphatic heterocycles. The lowest BCUT2D eigenvalue weighted by Gasteiger charge is -2.00. The summed E-state index contributed by atoms with van der Waals surface area (Å²) in [5.41, 5.74) is 4.25. The molecule has 2 heteroatoms. The van der Waals surface area contributed by atoms with E-state index in [0.29, 0.717) is 0 Å². The van der Waals surface area contributed by atoms with Crippen molar-refractivity contribution in [3.8, 4) is 0 Å². The van der Waals surface area contributed by atoms with Gasteiger partial charge in [-0.15, -0.1) is 0 Å². The van der Waals surface area contributed by atoms with Gasteiger partial charge in [0.05, 0.1) is 0 Å². The van der Waals surface area contributed by atoms with Crippen LogP contribution in [0.5, 0.6) is 0 Å². The maximum atomic E-state index is 8.88. The van der Waals surface area contributed by atoms with Crippen molar-refractivity contribution in [2.75, 3.05) is 0 Å². The van der Waals surface area contributed by atoms with E-state index in [1.165, 1.54) is 5.56 Å². The van der Waals surface area contributed by atoms with Crippen LogP contribution < -0.4 is 0 Å². The molecule has 0 atom stereocenters. The summed E-state index contributed by atoms with van der Waals surface area (Å²) in [4.78, 5) is 3.35. The van der Waals surface area contributed by atoms with Crippen LogP contribution in [0.15, 0.2) is 12.1 Å². The second-order valence-electron chi connectivity index (χ2n) is 3.24. The second-order valence-corrected chi connectivity index (χ2v) is 3.24. The molecule has 0 saturated carbocycles. The molecule has 13 heavy (non-hydrogen) atoms. The predicted molar refractivity (Wildman–Crippen MR) is 54.7 cm³/mol. The molecule has 0 fully saturated rings. The summed E-state index contributed by atoms with van der Waals surface area (Å²) >= 11 is 0. The SMILES string of the molecule is CCc1cc(C)cc(CC)c1[N+]#N. The van der Waals surface area contributed by atoms with Gasteiger partial charge in [0.2, 0.25) is 5.39 Å². The van der Waals surface area contributed by atoms with Gasteiger partial charge in [-0.05, 0) is 31.9 Å². The van der Waals surface area contributed by atoms with Crippen LogP contribution in [0.25, 0.3) is 4.98 Å². The van der Waals surface area contributed by atoms with Crippen LogP contribution in [0.1, 0.15) is 30.5 Å². The van der Waals surface area contributed by atoms with Gasteiger partial charge in [-0.2, -0.15) is 0 Å². The Bertz CT molecular complexity index is 323. The topological polar surface area (TPSA) is 28.1 Å². The van der Waals surface area contributed by atoms with Crippen LogP contribution in [0, 0.1) is 12.3 Å². The summed E-state index contributed by atoms with van der Waals surface area (Å²) < 4.78 is 0. The van der Waals surface area contributed by atoms with E-state index in [4.69, 9.17) is 5.39 Å². The van der Waals surface area contributed by atoms with Gasteiger partial charge in [-0.3, -0.25) is 0 Å². The lowest BCUT2D eigenvalue weighted by atomic mass is 10.0. The van der Waals surface area contributed by atoms with Crippen molar-refractivity contribution in [1.29, 1.82) is 5.39 Å². The number of hydrogen-bond donors (Lipinski definition) is 0. The molecule has 1 aromatic carbocycles. The largest absolute Gasteiger partial charge is 0.391 e. The maximum absolute atomic E-state index is 8.88. The molecule has 0 aliphatic rings. The first-order chi connectivity index (χ1) is 6.22. The Morgan fingerprint density at radius 3 is 1.92 bits per heavy atom. The monoisotopic (exact) mass is 175 g/mol. The van der Waals surface area contributed by atoms with Crippen LogP contribution in [0.3, 0.4) is 0 Å². The molecule has 0 unspecified atom stereocenters. The molecule has 0 aliphatic carbocycles. The van der Waals surface area contributed by atoms with Crippen LogP contribution in [0.2, 0.25) is 0 Å². The van der Waals surface area contributed by atoms with Gasteiger partial charge in [0.25, 0.3) is 0 Å². The molecule has 0 spiro atoms. The normalized spacial score (nSPS) is 9.69. The smallest absolute Gasteiger partial charge is 0.0610 e. The van der Waals surface area contributed by atoms with Crippen molar-refractivity contribution in [2.45, 2.75) is 33.6 Å². The average Bonchev–Trinajstić information content (AvgIpc) is 2.16.